The van der Waals surface area contributed by atoms with Crippen LogP contribution < -0.4 is 4.90 Å². The highest BCUT2D eigenvalue weighted by molar-refractivity contribution is 9.10. The third kappa shape index (κ3) is 3.43. The van der Waals surface area contributed by atoms with Crippen LogP contribution in [-0.2, 0) is 6.54 Å². The van der Waals surface area contributed by atoms with Crippen molar-refractivity contribution >= 4 is 33.3 Å². The molecule has 0 aliphatic rings. The molecule has 2 aromatic rings. The maximum atomic E-state index is 5.97. The number of rotatable bonds is 3. The molecule has 18 heavy (non-hydrogen) atoms. The maximum Gasteiger partial charge on any atom is 0.133 e. The first-order valence-electron chi connectivity index (χ1n) is 5.51. The summed E-state index contributed by atoms with van der Waals surface area (Å²) >= 11 is 9.35. The SMILES string of the molecule is Cc1nc(Br)cc(N(C)Cc2cccc(Cl)c2)n1. The van der Waals surface area contributed by atoms with Crippen LogP contribution in [0, 0.1) is 6.92 Å². The first-order valence-corrected chi connectivity index (χ1v) is 6.68. The van der Waals surface area contributed by atoms with Crippen LogP contribution in [-0.4, -0.2) is 17.0 Å². The molecular formula is C13H13BrClN3. The van der Waals surface area contributed by atoms with Crippen molar-refractivity contribution in [3.63, 3.8) is 0 Å². The van der Waals surface area contributed by atoms with Gasteiger partial charge in [0.15, 0.2) is 0 Å². The minimum absolute atomic E-state index is 0.748. The first kappa shape index (κ1) is 13.3. The molecule has 3 nitrogen and oxygen atoms in total. The highest BCUT2D eigenvalue weighted by Crippen LogP contribution is 2.18. The van der Waals surface area contributed by atoms with E-state index in [1.807, 2.05) is 44.3 Å². The Bertz CT molecular complexity index is 539. The lowest BCUT2D eigenvalue weighted by Crippen LogP contribution is -2.18. The highest BCUT2D eigenvalue weighted by atomic mass is 79.9. The number of benzene rings is 1. The molecule has 1 heterocycles. The van der Waals surface area contributed by atoms with Crippen molar-refractivity contribution in [3.8, 4) is 0 Å². The maximum absolute atomic E-state index is 5.97. The molecule has 0 N–H and O–H groups in total. The summed E-state index contributed by atoms with van der Waals surface area (Å²) in [5.41, 5.74) is 1.15. The molecule has 0 spiro atoms. The van der Waals surface area contributed by atoms with E-state index in [-0.39, 0.29) is 0 Å². The molecule has 0 saturated heterocycles. The molecule has 0 radical (unpaired) electrons. The topological polar surface area (TPSA) is 29.0 Å². The zero-order valence-corrected chi connectivity index (χ0v) is 12.5. The van der Waals surface area contributed by atoms with E-state index in [4.69, 9.17) is 11.6 Å². The van der Waals surface area contributed by atoms with Gasteiger partial charge < -0.3 is 4.90 Å². The average Bonchev–Trinajstić information content (AvgIpc) is 2.27. The summed E-state index contributed by atoms with van der Waals surface area (Å²) in [4.78, 5) is 10.7. The van der Waals surface area contributed by atoms with Gasteiger partial charge in [-0.15, -0.1) is 0 Å². The van der Waals surface area contributed by atoms with Crippen molar-refractivity contribution in [2.75, 3.05) is 11.9 Å². The number of aromatic nitrogens is 2. The van der Waals surface area contributed by atoms with Gasteiger partial charge in [0.1, 0.15) is 16.2 Å². The van der Waals surface area contributed by atoms with E-state index in [1.54, 1.807) is 0 Å². The largest absolute Gasteiger partial charge is 0.355 e. The molecule has 0 aliphatic carbocycles. The summed E-state index contributed by atoms with van der Waals surface area (Å²) in [6.07, 6.45) is 0. The molecule has 1 aromatic carbocycles. The van der Waals surface area contributed by atoms with Gasteiger partial charge in [-0.2, -0.15) is 0 Å². The van der Waals surface area contributed by atoms with Crippen molar-refractivity contribution in [2.45, 2.75) is 13.5 Å². The second-order valence-corrected chi connectivity index (χ2v) is 5.33. The van der Waals surface area contributed by atoms with E-state index >= 15 is 0 Å². The van der Waals surface area contributed by atoms with Crippen LogP contribution in [0.2, 0.25) is 5.02 Å². The second-order valence-electron chi connectivity index (χ2n) is 4.08. The van der Waals surface area contributed by atoms with Crippen LogP contribution in [0.5, 0.6) is 0 Å². The van der Waals surface area contributed by atoms with Crippen LogP contribution >= 0.6 is 27.5 Å². The lowest BCUT2D eigenvalue weighted by Gasteiger charge is -2.18. The number of anilines is 1. The quantitative estimate of drug-likeness (QED) is 0.803. The summed E-state index contributed by atoms with van der Waals surface area (Å²) in [5.74, 6) is 1.63. The molecule has 0 amide bonds. The van der Waals surface area contributed by atoms with Gasteiger partial charge in [-0.3, -0.25) is 0 Å². The Morgan fingerprint density at radius 3 is 2.72 bits per heavy atom. The minimum Gasteiger partial charge on any atom is -0.355 e. The van der Waals surface area contributed by atoms with Crippen LogP contribution in [0.3, 0.4) is 0 Å². The van der Waals surface area contributed by atoms with Crippen LogP contribution in [0.1, 0.15) is 11.4 Å². The third-order valence-corrected chi connectivity index (χ3v) is 3.13. The van der Waals surface area contributed by atoms with Crippen LogP contribution in [0.4, 0.5) is 5.82 Å². The Morgan fingerprint density at radius 1 is 1.28 bits per heavy atom. The van der Waals surface area contributed by atoms with Gasteiger partial charge in [0.25, 0.3) is 0 Å². The lowest BCUT2D eigenvalue weighted by molar-refractivity contribution is 0.875. The van der Waals surface area contributed by atoms with Crippen molar-refractivity contribution in [1.82, 2.24) is 9.97 Å². The van der Waals surface area contributed by atoms with Gasteiger partial charge in [-0.05, 0) is 40.5 Å². The van der Waals surface area contributed by atoms with Gasteiger partial charge in [-0.1, -0.05) is 23.7 Å². The molecule has 0 unspecified atom stereocenters. The molecule has 0 atom stereocenters. The van der Waals surface area contributed by atoms with Gasteiger partial charge in [0.2, 0.25) is 0 Å². The second kappa shape index (κ2) is 5.67. The Kier molecular flexibility index (Phi) is 4.19. The van der Waals surface area contributed by atoms with E-state index in [2.05, 4.69) is 30.8 Å². The highest BCUT2D eigenvalue weighted by Gasteiger charge is 2.06. The number of nitrogens with zero attached hydrogens (tertiary/aromatic N) is 3. The summed E-state index contributed by atoms with van der Waals surface area (Å²) in [5, 5.41) is 0.751. The van der Waals surface area contributed by atoms with Crippen LogP contribution in [0.15, 0.2) is 34.9 Å². The Balaban J connectivity index is 2.19. The third-order valence-electron chi connectivity index (χ3n) is 2.49. The standard InChI is InChI=1S/C13H13BrClN3/c1-9-16-12(14)7-13(17-9)18(2)8-10-4-3-5-11(15)6-10/h3-7H,8H2,1-2H3. The van der Waals surface area contributed by atoms with Crippen molar-refractivity contribution < 1.29 is 0 Å². The summed E-state index contributed by atoms with van der Waals surface area (Å²) < 4.78 is 0.794. The van der Waals surface area contributed by atoms with Crippen molar-refractivity contribution in [3.05, 3.63) is 51.3 Å². The fraction of sp³-hybridized carbons (Fsp3) is 0.231. The van der Waals surface area contributed by atoms with Crippen molar-refractivity contribution in [2.24, 2.45) is 0 Å². The van der Waals surface area contributed by atoms with Gasteiger partial charge in [0.05, 0.1) is 0 Å². The zero-order valence-electron chi connectivity index (χ0n) is 10.2. The van der Waals surface area contributed by atoms with E-state index in [0.717, 1.165) is 33.4 Å². The van der Waals surface area contributed by atoms with E-state index in [1.165, 1.54) is 0 Å². The summed E-state index contributed by atoms with van der Waals surface area (Å²) in [7, 11) is 2.00. The lowest BCUT2D eigenvalue weighted by atomic mass is 10.2. The average molecular weight is 327 g/mol. The fourth-order valence-electron chi connectivity index (χ4n) is 1.70. The molecule has 2 rings (SSSR count). The fourth-order valence-corrected chi connectivity index (χ4v) is 2.38. The molecule has 0 bridgehead atoms. The molecule has 0 saturated carbocycles. The molecule has 0 aliphatic heterocycles. The zero-order chi connectivity index (χ0) is 13.1. The smallest absolute Gasteiger partial charge is 0.133 e. The molecule has 0 fully saturated rings. The van der Waals surface area contributed by atoms with Gasteiger partial charge in [-0.25, -0.2) is 9.97 Å². The molecule has 5 heteroatoms. The number of hydrogen-bond acceptors (Lipinski definition) is 3. The van der Waals surface area contributed by atoms with Gasteiger partial charge >= 0.3 is 0 Å². The Hall–Kier alpha value is -1.13. The Morgan fingerprint density at radius 2 is 2.06 bits per heavy atom. The predicted octanol–water partition coefficient (Wildman–Crippen LogP) is 3.84. The number of halogens is 2. The van der Waals surface area contributed by atoms with Crippen LogP contribution in [0.25, 0.3) is 0 Å². The molecule has 1 aromatic heterocycles. The first-order chi connectivity index (χ1) is 8.54. The van der Waals surface area contributed by atoms with E-state index in [9.17, 15) is 0 Å². The van der Waals surface area contributed by atoms with Gasteiger partial charge in [0, 0.05) is 24.7 Å². The monoisotopic (exact) mass is 325 g/mol. The Labute approximate surface area is 120 Å². The summed E-state index contributed by atoms with van der Waals surface area (Å²) in [6.45, 7) is 2.63. The minimum atomic E-state index is 0.748. The predicted molar refractivity (Wildman–Crippen MR) is 78.0 cm³/mol. The van der Waals surface area contributed by atoms with E-state index < -0.39 is 0 Å². The summed E-state index contributed by atoms with van der Waals surface area (Å²) in [6, 6.07) is 9.73. The van der Waals surface area contributed by atoms with E-state index in [0.29, 0.717) is 0 Å². The number of aryl methyl sites for hydroxylation is 1. The number of hydrogen-bond donors (Lipinski definition) is 0. The normalized spacial score (nSPS) is 10.4. The van der Waals surface area contributed by atoms with Crippen molar-refractivity contribution in [1.29, 1.82) is 0 Å². The molecular weight excluding hydrogens is 314 g/mol. The molecule has 94 valence electrons.